The number of carbonyl (C=O) groups excluding carboxylic acids is 2. The molecule has 0 amide bonds. The first-order valence-electron chi connectivity index (χ1n) is 10.5. The first-order valence-corrected chi connectivity index (χ1v) is 10.5. The molecular formula is C24H27F2N2O6+. The van der Waals surface area contributed by atoms with Gasteiger partial charge in [0.2, 0.25) is 6.10 Å². The van der Waals surface area contributed by atoms with Crippen molar-refractivity contribution in [3.8, 4) is 0 Å². The molecule has 0 aromatic heterocycles. The van der Waals surface area contributed by atoms with Gasteiger partial charge in [-0.25, -0.2) is 19.1 Å². The fourth-order valence-electron chi connectivity index (χ4n) is 3.37. The van der Waals surface area contributed by atoms with Crippen LogP contribution < -0.4 is 0 Å². The lowest BCUT2D eigenvalue weighted by molar-refractivity contribution is -0.484. The maximum Gasteiger partial charge on any atom is 0.447 e. The third kappa shape index (κ3) is 5.69. The average molecular weight is 477 g/mol. The van der Waals surface area contributed by atoms with Crippen molar-refractivity contribution in [2.75, 3.05) is 34.8 Å². The number of carbonyl (C=O) groups is 2. The minimum Gasteiger partial charge on any atom is -0.459 e. The molecule has 0 bridgehead atoms. The molecule has 1 saturated heterocycles. The number of nitrogens with zero attached hydrogens (tertiary/aromatic N) is 2. The fraction of sp³-hybridized carbons (Fsp3) is 0.375. The van der Waals surface area contributed by atoms with E-state index in [4.69, 9.17) is 18.9 Å². The number of esters is 2. The summed E-state index contributed by atoms with van der Waals surface area (Å²) in [7, 11) is 6.48. The lowest BCUT2D eigenvalue weighted by Gasteiger charge is -2.24. The van der Waals surface area contributed by atoms with Crippen LogP contribution in [0.3, 0.4) is 0 Å². The van der Waals surface area contributed by atoms with Gasteiger partial charge in [-0.1, -0.05) is 36.4 Å². The van der Waals surface area contributed by atoms with Gasteiger partial charge in [0.05, 0.1) is 39.3 Å². The van der Waals surface area contributed by atoms with Crippen molar-refractivity contribution in [1.29, 1.82) is 0 Å². The molecule has 0 N–H and O–H groups in total. The summed E-state index contributed by atoms with van der Waals surface area (Å²) in [6, 6.07) is 15.9. The van der Waals surface area contributed by atoms with E-state index in [2.05, 4.69) is 0 Å². The highest BCUT2D eigenvalue weighted by molar-refractivity contribution is 5.90. The van der Waals surface area contributed by atoms with Crippen LogP contribution in [-0.4, -0.2) is 86.7 Å². The second-order valence-corrected chi connectivity index (χ2v) is 8.03. The van der Waals surface area contributed by atoms with Crippen molar-refractivity contribution in [1.82, 2.24) is 4.90 Å². The first-order chi connectivity index (χ1) is 16.1. The number of hydrogen-bond donors (Lipinski definition) is 0. The van der Waals surface area contributed by atoms with E-state index < -0.39 is 43.0 Å². The molecule has 3 rings (SSSR count). The highest BCUT2D eigenvalue weighted by atomic mass is 19.3. The second kappa shape index (κ2) is 10.6. The van der Waals surface area contributed by atoms with Gasteiger partial charge in [-0.2, -0.15) is 8.78 Å². The van der Waals surface area contributed by atoms with Crippen LogP contribution in [0.5, 0.6) is 0 Å². The molecule has 0 radical (unpaired) electrons. The average Bonchev–Trinajstić information content (AvgIpc) is 3.05. The zero-order valence-corrected chi connectivity index (χ0v) is 19.3. The molecule has 1 aliphatic heterocycles. The van der Waals surface area contributed by atoms with Crippen molar-refractivity contribution >= 4 is 18.0 Å². The second-order valence-electron chi connectivity index (χ2n) is 8.03. The fourth-order valence-corrected chi connectivity index (χ4v) is 3.37. The van der Waals surface area contributed by atoms with E-state index in [1.165, 1.54) is 33.7 Å². The van der Waals surface area contributed by atoms with Gasteiger partial charge in [-0.05, 0) is 24.3 Å². The number of benzene rings is 2. The van der Waals surface area contributed by atoms with E-state index >= 15 is 8.78 Å². The summed E-state index contributed by atoms with van der Waals surface area (Å²) in [5.74, 6) is -5.43. The molecule has 34 heavy (non-hydrogen) atoms. The van der Waals surface area contributed by atoms with E-state index in [1.807, 2.05) is 0 Å². The molecule has 1 heterocycles. The molecule has 0 unspecified atom stereocenters. The summed E-state index contributed by atoms with van der Waals surface area (Å²) in [4.78, 5) is 26.4. The Morgan fingerprint density at radius 2 is 1.47 bits per heavy atom. The summed E-state index contributed by atoms with van der Waals surface area (Å²) in [5, 5.41) is 0. The summed E-state index contributed by atoms with van der Waals surface area (Å²) in [6.45, 7) is -0.574. The SMILES string of the molecule is CN(C)C(O[C@H]1O[C@H](COC(=O)c2ccccc2)[C@H](OC(=O)c2ccccc2)C1(F)F)=[N+](C)C. The van der Waals surface area contributed by atoms with Crippen LogP contribution in [0.1, 0.15) is 20.7 Å². The van der Waals surface area contributed by atoms with Crippen molar-refractivity contribution in [2.24, 2.45) is 0 Å². The third-order valence-corrected chi connectivity index (χ3v) is 4.94. The Morgan fingerprint density at radius 1 is 0.941 bits per heavy atom. The molecule has 0 spiro atoms. The number of amidine groups is 1. The predicted molar refractivity (Wildman–Crippen MR) is 118 cm³/mol. The van der Waals surface area contributed by atoms with Gasteiger partial charge >= 0.3 is 23.9 Å². The quantitative estimate of drug-likeness (QED) is 0.274. The Morgan fingerprint density at radius 3 is 1.97 bits per heavy atom. The Balaban J connectivity index is 1.83. The topological polar surface area (TPSA) is 77.3 Å². The Bertz CT molecular complexity index is 1030. The van der Waals surface area contributed by atoms with Crippen molar-refractivity contribution in [3.05, 3.63) is 71.8 Å². The predicted octanol–water partition coefficient (Wildman–Crippen LogP) is 2.64. The lowest BCUT2D eigenvalue weighted by atomic mass is 10.1. The van der Waals surface area contributed by atoms with Crippen LogP contribution in [-0.2, 0) is 18.9 Å². The number of halogens is 2. The number of rotatable bonds is 6. The van der Waals surface area contributed by atoms with Gasteiger partial charge in [0.15, 0.2) is 0 Å². The molecule has 0 aliphatic carbocycles. The standard InChI is InChI=1S/C24H27F2N2O6/c1-27(2)23(28(3)4)34-22-24(25,26)19(33-21(30)17-13-9-6-10-14-17)18(32-22)15-31-20(29)16-11-7-5-8-12-16/h5-14,18-19,22H,15H2,1-4H3/q+1/t18-,19+,22-/m1/s1. The van der Waals surface area contributed by atoms with E-state index in [1.54, 1.807) is 64.6 Å². The monoisotopic (exact) mass is 477 g/mol. The Kier molecular flexibility index (Phi) is 7.83. The van der Waals surface area contributed by atoms with E-state index in [9.17, 15) is 9.59 Å². The third-order valence-electron chi connectivity index (χ3n) is 4.94. The number of ether oxygens (including phenoxy) is 4. The van der Waals surface area contributed by atoms with Crippen molar-refractivity contribution in [2.45, 2.75) is 24.4 Å². The molecule has 2 aromatic carbocycles. The van der Waals surface area contributed by atoms with Crippen LogP contribution in [0.25, 0.3) is 0 Å². The van der Waals surface area contributed by atoms with Gasteiger partial charge in [0.25, 0.3) is 6.29 Å². The highest BCUT2D eigenvalue weighted by Crippen LogP contribution is 2.39. The van der Waals surface area contributed by atoms with Crippen LogP contribution in [0, 0.1) is 0 Å². The summed E-state index contributed by atoms with van der Waals surface area (Å²) in [5.41, 5.74) is 0.338. The molecule has 10 heteroatoms. The minimum atomic E-state index is -3.74. The molecule has 1 aliphatic rings. The van der Waals surface area contributed by atoms with Crippen LogP contribution in [0.15, 0.2) is 60.7 Å². The summed E-state index contributed by atoms with van der Waals surface area (Å²) in [6.07, 6.45) is -5.61. The molecule has 0 saturated carbocycles. The van der Waals surface area contributed by atoms with Crippen molar-refractivity contribution < 1.29 is 41.9 Å². The molecule has 2 aromatic rings. The lowest BCUT2D eigenvalue weighted by Crippen LogP contribution is -2.47. The van der Waals surface area contributed by atoms with Gasteiger partial charge in [0.1, 0.15) is 12.7 Å². The van der Waals surface area contributed by atoms with Crippen LogP contribution >= 0.6 is 0 Å². The minimum absolute atomic E-state index is 0.0940. The van der Waals surface area contributed by atoms with Gasteiger partial charge in [-0.3, -0.25) is 0 Å². The number of alkyl halides is 2. The largest absolute Gasteiger partial charge is 0.459 e. The first kappa shape index (κ1) is 25.1. The number of hydrogen-bond acceptors (Lipinski definition) is 6. The Labute approximate surface area is 196 Å². The maximum atomic E-state index is 15.4. The maximum absolute atomic E-state index is 15.4. The summed E-state index contributed by atoms with van der Waals surface area (Å²) < 4.78 is 53.6. The molecule has 182 valence electrons. The highest BCUT2D eigenvalue weighted by Gasteiger charge is 2.64. The van der Waals surface area contributed by atoms with Crippen LogP contribution in [0.4, 0.5) is 8.78 Å². The van der Waals surface area contributed by atoms with Gasteiger partial charge in [-0.15, -0.1) is 0 Å². The zero-order chi connectivity index (χ0) is 24.9. The normalized spacial score (nSPS) is 20.8. The smallest absolute Gasteiger partial charge is 0.447 e. The Hall–Kier alpha value is -3.53. The molecular weight excluding hydrogens is 450 g/mol. The molecule has 8 nitrogen and oxygen atoms in total. The van der Waals surface area contributed by atoms with Crippen LogP contribution in [0.2, 0.25) is 0 Å². The zero-order valence-electron chi connectivity index (χ0n) is 19.3. The molecule has 1 fully saturated rings. The van der Waals surface area contributed by atoms with E-state index in [0.717, 1.165) is 0 Å². The van der Waals surface area contributed by atoms with E-state index in [0.29, 0.717) is 0 Å². The summed E-state index contributed by atoms with van der Waals surface area (Å²) >= 11 is 0. The molecule has 3 atom stereocenters. The van der Waals surface area contributed by atoms with Crippen molar-refractivity contribution in [3.63, 3.8) is 0 Å². The van der Waals surface area contributed by atoms with Gasteiger partial charge in [0, 0.05) is 0 Å². The van der Waals surface area contributed by atoms with E-state index in [-0.39, 0.29) is 17.1 Å². The van der Waals surface area contributed by atoms with Gasteiger partial charge < -0.3 is 18.9 Å².